The first-order valence-electron chi connectivity index (χ1n) is 5.29. The van der Waals surface area contributed by atoms with Crippen LogP contribution in [-0.2, 0) is 6.42 Å². The van der Waals surface area contributed by atoms with Crippen LogP contribution in [0.1, 0.15) is 12.5 Å². The molecule has 1 saturated heterocycles. The lowest BCUT2D eigenvalue weighted by Gasteiger charge is -2.24. The zero-order valence-electron chi connectivity index (χ0n) is 8.90. The minimum absolute atomic E-state index is 0.222. The van der Waals surface area contributed by atoms with Gasteiger partial charge in [0.1, 0.15) is 5.75 Å². The minimum Gasteiger partial charge on any atom is -0.508 e. The predicted octanol–water partition coefficient (Wildman–Crippen LogP) is 0.905. The van der Waals surface area contributed by atoms with Gasteiger partial charge in [0.15, 0.2) is 0 Å². The van der Waals surface area contributed by atoms with Gasteiger partial charge >= 0.3 is 0 Å². The van der Waals surface area contributed by atoms with Crippen molar-refractivity contribution in [3.8, 4) is 5.75 Å². The molecule has 1 aromatic carbocycles. The van der Waals surface area contributed by atoms with E-state index in [0.29, 0.717) is 6.54 Å². The average Bonchev–Trinajstić information content (AvgIpc) is 2.46. The second-order valence-electron chi connectivity index (χ2n) is 4.56. The predicted molar refractivity (Wildman–Crippen MR) is 58.8 cm³/mol. The molecule has 0 bridgehead atoms. The Hall–Kier alpha value is -1.06. The van der Waals surface area contributed by atoms with Crippen LogP contribution >= 0.6 is 0 Å². The van der Waals surface area contributed by atoms with Crippen molar-refractivity contribution in [1.82, 2.24) is 5.32 Å². The summed E-state index contributed by atoms with van der Waals surface area (Å²) in [5, 5.41) is 22.6. The third-order valence-corrected chi connectivity index (χ3v) is 3.15. The smallest absolute Gasteiger partial charge is 0.115 e. The number of rotatable bonds is 2. The summed E-state index contributed by atoms with van der Waals surface area (Å²) in [6.07, 6.45) is 0.800. The standard InChI is InChI=1S/C12H17NO2/c1-12(15)8-13-7-10(12)5-9-3-2-4-11(14)6-9/h2-4,6,10,13-15H,5,7-8H2,1H3. The van der Waals surface area contributed by atoms with Crippen molar-refractivity contribution in [1.29, 1.82) is 0 Å². The van der Waals surface area contributed by atoms with Crippen molar-refractivity contribution in [3.63, 3.8) is 0 Å². The van der Waals surface area contributed by atoms with Gasteiger partial charge in [0.25, 0.3) is 0 Å². The van der Waals surface area contributed by atoms with Gasteiger partial charge in [0.05, 0.1) is 5.60 Å². The summed E-state index contributed by atoms with van der Waals surface area (Å²) in [7, 11) is 0. The molecule has 15 heavy (non-hydrogen) atoms. The summed E-state index contributed by atoms with van der Waals surface area (Å²) in [6, 6.07) is 7.23. The first-order chi connectivity index (χ1) is 7.08. The van der Waals surface area contributed by atoms with E-state index >= 15 is 0 Å². The Morgan fingerprint density at radius 3 is 2.93 bits per heavy atom. The van der Waals surface area contributed by atoms with Gasteiger partial charge in [-0.15, -0.1) is 0 Å². The first-order valence-corrected chi connectivity index (χ1v) is 5.29. The number of benzene rings is 1. The van der Waals surface area contributed by atoms with E-state index in [4.69, 9.17) is 0 Å². The summed E-state index contributed by atoms with van der Waals surface area (Å²) < 4.78 is 0. The molecule has 0 spiro atoms. The highest BCUT2D eigenvalue weighted by Crippen LogP contribution is 2.26. The van der Waals surface area contributed by atoms with E-state index in [2.05, 4.69) is 5.32 Å². The summed E-state index contributed by atoms with van der Waals surface area (Å²) in [6.45, 7) is 3.35. The van der Waals surface area contributed by atoms with Crippen molar-refractivity contribution in [2.45, 2.75) is 18.9 Å². The second-order valence-corrected chi connectivity index (χ2v) is 4.56. The Labute approximate surface area is 89.8 Å². The van der Waals surface area contributed by atoms with Crippen LogP contribution < -0.4 is 5.32 Å². The maximum Gasteiger partial charge on any atom is 0.115 e. The van der Waals surface area contributed by atoms with Crippen LogP contribution in [0.3, 0.4) is 0 Å². The van der Waals surface area contributed by atoms with Gasteiger partial charge in [0, 0.05) is 19.0 Å². The lowest BCUT2D eigenvalue weighted by Crippen LogP contribution is -2.34. The molecule has 3 nitrogen and oxygen atoms in total. The van der Waals surface area contributed by atoms with Gasteiger partial charge < -0.3 is 15.5 Å². The molecule has 1 heterocycles. The fraction of sp³-hybridized carbons (Fsp3) is 0.500. The van der Waals surface area contributed by atoms with E-state index in [1.807, 2.05) is 19.1 Å². The molecule has 3 heteroatoms. The van der Waals surface area contributed by atoms with Crippen LogP contribution in [-0.4, -0.2) is 28.9 Å². The first kappa shape index (κ1) is 10.5. The highest BCUT2D eigenvalue weighted by Gasteiger charge is 2.36. The lowest BCUT2D eigenvalue weighted by molar-refractivity contribution is 0.0363. The summed E-state index contributed by atoms with van der Waals surface area (Å²) in [5.41, 5.74) is 0.440. The SMILES string of the molecule is CC1(O)CNCC1Cc1cccc(O)c1. The minimum atomic E-state index is -0.633. The van der Waals surface area contributed by atoms with Crippen LogP contribution in [0, 0.1) is 5.92 Å². The maximum atomic E-state index is 10.1. The van der Waals surface area contributed by atoms with Crippen LogP contribution in [0.15, 0.2) is 24.3 Å². The Morgan fingerprint density at radius 2 is 2.33 bits per heavy atom. The molecule has 0 aromatic heterocycles. The number of phenolic OH excluding ortho intramolecular Hbond substituents is 1. The van der Waals surface area contributed by atoms with Crippen LogP contribution in [0.2, 0.25) is 0 Å². The maximum absolute atomic E-state index is 10.1. The fourth-order valence-corrected chi connectivity index (χ4v) is 2.12. The van der Waals surface area contributed by atoms with Crippen molar-refractivity contribution in [2.75, 3.05) is 13.1 Å². The monoisotopic (exact) mass is 207 g/mol. The van der Waals surface area contributed by atoms with Crippen molar-refractivity contribution in [2.24, 2.45) is 5.92 Å². The largest absolute Gasteiger partial charge is 0.508 e. The second kappa shape index (κ2) is 3.83. The number of hydrogen-bond acceptors (Lipinski definition) is 3. The number of nitrogens with one attached hydrogen (secondary N) is 1. The van der Waals surface area contributed by atoms with E-state index in [-0.39, 0.29) is 11.7 Å². The molecule has 0 aliphatic carbocycles. The van der Waals surface area contributed by atoms with Crippen LogP contribution in [0.25, 0.3) is 0 Å². The van der Waals surface area contributed by atoms with Gasteiger partial charge in [-0.05, 0) is 31.0 Å². The van der Waals surface area contributed by atoms with Crippen molar-refractivity contribution >= 4 is 0 Å². The van der Waals surface area contributed by atoms with E-state index in [9.17, 15) is 10.2 Å². The van der Waals surface area contributed by atoms with Crippen LogP contribution in [0.4, 0.5) is 0 Å². The molecule has 2 unspecified atom stereocenters. The topological polar surface area (TPSA) is 52.5 Å². The van der Waals surface area contributed by atoms with E-state index in [1.165, 1.54) is 0 Å². The summed E-state index contributed by atoms with van der Waals surface area (Å²) >= 11 is 0. The zero-order valence-corrected chi connectivity index (χ0v) is 8.90. The number of β-amino-alcohol motifs (C(OH)–C–C–N with tert-alkyl or cyclic N) is 1. The Kier molecular flexibility index (Phi) is 2.67. The third kappa shape index (κ3) is 2.30. The summed E-state index contributed by atoms with van der Waals surface area (Å²) in [4.78, 5) is 0. The number of aliphatic hydroxyl groups is 1. The summed E-state index contributed by atoms with van der Waals surface area (Å²) in [5.74, 6) is 0.511. The fourth-order valence-electron chi connectivity index (χ4n) is 2.12. The van der Waals surface area contributed by atoms with Gasteiger partial charge in [-0.25, -0.2) is 0 Å². The van der Waals surface area contributed by atoms with Gasteiger partial charge in [-0.2, -0.15) is 0 Å². The Balaban J connectivity index is 2.09. The molecule has 1 aliphatic rings. The number of hydrogen-bond donors (Lipinski definition) is 3. The Bertz CT molecular complexity index is 349. The highest BCUT2D eigenvalue weighted by molar-refractivity contribution is 5.27. The molecule has 82 valence electrons. The molecule has 2 atom stereocenters. The normalized spacial score (nSPS) is 30.7. The molecule has 0 saturated carbocycles. The third-order valence-electron chi connectivity index (χ3n) is 3.15. The highest BCUT2D eigenvalue weighted by atomic mass is 16.3. The quantitative estimate of drug-likeness (QED) is 0.675. The molecule has 1 fully saturated rings. The van der Waals surface area contributed by atoms with E-state index in [0.717, 1.165) is 18.5 Å². The molecular formula is C12H17NO2. The molecular weight excluding hydrogens is 190 g/mol. The number of phenols is 1. The molecule has 2 rings (SSSR count). The van der Waals surface area contributed by atoms with Gasteiger partial charge in [-0.3, -0.25) is 0 Å². The zero-order chi connectivity index (χ0) is 10.9. The van der Waals surface area contributed by atoms with Gasteiger partial charge in [0.2, 0.25) is 0 Å². The molecule has 1 aromatic rings. The average molecular weight is 207 g/mol. The van der Waals surface area contributed by atoms with E-state index < -0.39 is 5.60 Å². The molecule has 0 amide bonds. The van der Waals surface area contributed by atoms with Crippen molar-refractivity contribution in [3.05, 3.63) is 29.8 Å². The molecule has 3 N–H and O–H groups in total. The lowest BCUT2D eigenvalue weighted by atomic mass is 9.87. The van der Waals surface area contributed by atoms with E-state index in [1.54, 1.807) is 12.1 Å². The van der Waals surface area contributed by atoms with Gasteiger partial charge in [-0.1, -0.05) is 12.1 Å². The molecule has 0 radical (unpaired) electrons. The van der Waals surface area contributed by atoms with Crippen molar-refractivity contribution < 1.29 is 10.2 Å². The molecule has 1 aliphatic heterocycles. The number of aromatic hydroxyl groups is 1. The van der Waals surface area contributed by atoms with Crippen LogP contribution in [0.5, 0.6) is 5.75 Å². The Morgan fingerprint density at radius 1 is 1.53 bits per heavy atom.